The molecular weight excluding hydrogens is 272 g/mol. The van der Waals surface area contributed by atoms with E-state index in [9.17, 15) is 4.79 Å². The molecule has 16 heavy (non-hydrogen) atoms. The largest absolute Gasteiger partial charge is 0.375 e. The lowest BCUT2D eigenvalue weighted by atomic mass is 10.2. The number of hydrogen-bond acceptors (Lipinski definition) is 2. The average molecular weight is 287 g/mol. The molecule has 0 spiro atoms. The van der Waals surface area contributed by atoms with Crippen molar-refractivity contribution in [1.29, 1.82) is 0 Å². The number of halogens is 1. The summed E-state index contributed by atoms with van der Waals surface area (Å²) in [6, 6.07) is 1.93. The Hall–Kier alpha value is -0.810. The van der Waals surface area contributed by atoms with Crippen LogP contribution < -0.4 is 0 Å². The number of carbonyl (C=O) groups excluding carboxylic acids is 1. The molecule has 4 nitrogen and oxygen atoms in total. The third-order valence-electron chi connectivity index (χ3n) is 2.75. The Kier molecular flexibility index (Phi) is 3.35. The Labute approximate surface area is 103 Å². The molecule has 0 radical (unpaired) electrons. The molecular formula is C11H15BrN2O2. The monoisotopic (exact) mass is 286 g/mol. The Balaban J connectivity index is 2.14. The summed E-state index contributed by atoms with van der Waals surface area (Å²) in [5, 5.41) is 0. The lowest BCUT2D eigenvalue weighted by molar-refractivity contribution is -0.0388. The molecule has 1 fully saturated rings. The number of nitrogens with one attached hydrogen (secondary N) is 1. The molecule has 2 atom stereocenters. The molecule has 2 heterocycles. The van der Waals surface area contributed by atoms with Crippen LogP contribution in [-0.2, 0) is 4.74 Å². The third-order valence-corrected chi connectivity index (χ3v) is 3.20. The van der Waals surface area contributed by atoms with Crippen LogP contribution in [0.5, 0.6) is 0 Å². The first-order valence-electron chi connectivity index (χ1n) is 5.34. The van der Waals surface area contributed by atoms with Gasteiger partial charge in [0.05, 0.1) is 18.8 Å². The van der Waals surface area contributed by atoms with Crippen LogP contribution in [0.1, 0.15) is 24.3 Å². The molecule has 0 aliphatic carbocycles. The molecule has 0 aromatic carbocycles. The van der Waals surface area contributed by atoms with E-state index in [1.165, 1.54) is 0 Å². The van der Waals surface area contributed by atoms with Crippen LogP contribution in [0.3, 0.4) is 0 Å². The molecule has 1 N–H and O–H groups in total. The first kappa shape index (κ1) is 11.7. The van der Waals surface area contributed by atoms with Crippen molar-refractivity contribution in [2.75, 3.05) is 13.2 Å². The van der Waals surface area contributed by atoms with E-state index in [1.54, 1.807) is 12.3 Å². The highest BCUT2D eigenvalue weighted by Crippen LogP contribution is 2.17. The van der Waals surface area contributed by atoms with Gasteiger partial charge in [-0.3, -0.25) is 4.79 Å². The summed E-state index contributed by atoms with van der Waals surface area (Å²) < 4.78 is 6.39. The molecule has 1 saturated heterocycles. The number of H-pyrrole nitrogens is 1. The molecule has 2 rings (SSSR count). The Morgan fingerprint density at radius 3 is 3.00 bits per heavy atom. The van der Waals surface area contributed by atoms with Crippen molar-refractivity contribution in [2.24, 2.45) is 0 Å². The number of rotatable bonds is 1. The number of morpholine rings is 1. The van der Waals surface area contributed by atoms with Gasteiger partial charge in [0, 0.05) is 17.2 Å². The minimum Gasteiger partial charge on any atom is -0.375 e. The van der Waals surface area contributed by atoms with Crippen LogP contribution in [0.4, 0.5) is 0 Å². The Morgan fingerprint density at radius 1 is 1.62 bits per heavy atom. The van der Waals surface area contributed by atoms with E-state index >= 15 is 0 Å². The normalized spacial score (nSPS) is 25.8. The van der Waals surface area contributed by atoms with E-state index in [4.69, 9.17) is 4.74 Å². The molecule has 1 aromatic heterocycles. The number of aromatic nitrogens is 1. The minimum atomic E-state index is 0.0355. The summed E-state index contributed by atoms with van der Waals surface area (Å²) >= 11 is 3.32. The molecule has 1 aromatic rings. The summed E-state index contributed by atoms with van der Waals surface area (Å²) in [7, 11) is 0. The Bertz CT molecular complexity index is 391. The number of carbonyl (C=O) groups is 1. The highest BCUT2D eigenvalue weighted by Gasteiger charge is 2.28. The van der Waals surface area contributed by atoms with Crippen molar-refractivity contribution in [3.05, 3.63) is 22.4 Å². The third kappa shape index (κ3) is 2.30. The van der Waals surface area contributed by atoms with Crippen molar-refractivity contribution >= 4 is 21.8 Å². The first-order chi connectivity index (χ1) is 7.58. The summed E-state index contributed by atoms with van der Waals surface area (Å²) in [5.41, 5.74) is 0.618. The predicted octanol–water partition coefficient (Wildman–Crippen LogP) is 2.03. The number of nitrogens with zero attached hydrogens (tertiary/aromatic N) is 1. The minimum absolute atomic E-state index is 0.0355. The van der Waals surface area contributed by atoms with Crippen molar-refractivity contribution in [3.8, 4) is 0 Å². The molecule has 88 valence electrons. The number of ether oxygens (including phenoxy) is 1. The molecule has 1 aliphatic heterocycles. The SMILES string of the molecule is C[C@@H]1CN(C(=O)c2cc(Br)c[nH]2)[C@@H](C)CO1. The lowest BCUT2D eigenvalue weighted by Gasteiger charge is -2.36. The summed E-state index contributed by atoms with van der Waals surface area (Å²) in [5.74, 6) is 0.0355. The van der Waals surface area contributed by atoms with E-state index in [2.05, 4.69) is 20.9 Å². The maximum Gasteiger partial charge on any atom is 0.270 e. The fraction of sp³-hybridized carbons (Fsp3) is 0.545. The molecule has 5 heteroatoms. The van der Waals surface area contributed by atoms with Crippen LogP contribution in [0.2, 0.25) is 0 Å². The number of aromatic amines is 1. The smallest absolute Gasteiger partial charge is 0.270 e. The van der Waals surface area contributed by atoms with Crippen molar-refractivity contribution in [1.82, 2.24) is 9.88 Å². The van der Waals surface area contributed by atoms with Gasteiger partial charge >= 0.3 is 0 Å². The zero-order valence-corrected chi connectivity index (χ0v) is 11.0. The van der Waals surface area contributed by atoms with Crippen molar-refractivity contribution in [3.63, 3.8) is 0 Å². The zero-order valence-electron chi connectivity index (χ0n) is 9.37. The lowest BCUT2D eigenvalue weighted by Crippen LogP contribution is -2.50. The van der Waals surface area contributed by atoms with Gasteiger partial charge in [0.2, 0.25) is 0 Å². The zero-order chi connectivity index (χ0) is 11.7. The van der Waals surface area contributed by atoms with Crippen LogP contribution >= 0.6 is 15.9 Å². The van der Waals surface area contributed by atoms with Crippen LogP contribution in [0.15, 0.2) is 16.7 Å². The maximum absolute atomic E-state index is 12.2. The predicted molar refractivity (Wildman–Crippen MR) is 64.4 cm³/mol. The van der Waals surface area contributed by atoms with Gasteiger partial charge in [-0.1, -0.05) is 0 Å². The second kappa shape index (κ2) is 4.59. The van der Waals surface area contributed by atoms with Gasteiger partial charge in [0.1, 0.15) is 5.69 Å². The molecule has 1 amide bonds. The fourth-order valence-electron chi connectivity index (χ4n) is 1.83. The van der Waals surface area contributed by atoms with Gasteiger partial charge in [-0.25, -0.2) is 0 Å². The molecule has 0 saturated carbocycles. The van der Waals surface area contributed by atoms with Gasteiger partial charge in [-0.05, 0) is 35.8 Å². The van der Waals surface area contributed by atoms with E-state index < -0.39 is 0 Å². The van der Waals surface area contributed by atoms with E-state index in [0.717, 1.165) is 4.47 Å². The van der Waals surface area contributed by atoms with Gasteiger partial charge in [-0.2, -0.15) is 0 Å². The Morgan fingerprint density at radius 2 is 2.38 bits per heavy atom. The summed E-state index contributed by atoms with van der Waals surface area (Å²) in [6.07, 6.45) is 1.88. The van der Waals surface area contributed by atoms with Gasteiger partial charge in [-0.15, -0.1) is 0 Å². The fourth-order valence-corrected chi connectivity index (χ4v) is 2.18. The quantitative estimate of drug-likeness (QED) is 0.859. The van der Waals surface area contributed by atoms with Gasteiger partial charge in [0.15, 0.2) is 0 Å². The van der Waals surface area contributed by atoms with Crippen molar-refractivity contribution < 1.29 is 9.53 Å². The van der Waals surface area contributed by atoms with E-state index in [1.807, 2.05) is 18.7 Å². The number of hydrogen-bond donors (Lipinski definition) is 1. The van der Waals surface area contributed by atoms with Gasteiger partial charge in [0.25, 0.3) is 5.91 Å². The first-order valence-corrected chi connectivity index (χ1v) is 6.13. The topological polar surface area (TPSA) is 45.3 Å². The number of amides is 1. The van der Waals surface area contributed by atoms with Crippen LogP contribution in [0, 0.1) is 0 Å². The molecule has 0 unspecified atom stereocenters. The van der Waals surface area contributed by atoms with Crippen LogP contribution in [-0.4, -0.2) is 41.1 Å². The summed E-state index contributed by atoms with van der Waals surface area (Å²) in [6.45, 7) is 5.24. The molecule has 0 bridgehead atoms. The van der Waals surface area contributed by atoms with E-state index in [-0.39, 0.29) is 18.1 Å². The highest BCUT2D eigenvalue weighted by molar-refractivity contribution is 9.10. The van der Waals surface area contributed by atoms with Gasteiger partial charge < -0.3 is 14.6 Å². The summed E-state index contributed by atoms with van der Waals surface area (Å²) in [4.78, 5) is 17.0. The average Bonchev–Trinajstić information content (AvgIpc) is 2.67. The van der Waals surface area contributed by atoms with Crippen molar-refractivity contribution in [2.45, 2.75) is 26.0 Å². The second-order valence-electron chi connectivity index (χ2n) is 4.18. The standard InChI is InChI=1S/C11H15BrN2O2/c1-7-6-16-8(2)5-14(7)11(15)10-3-9(12)4-13-10/h3-4,7-8,13H,5-6H2,1-2H3/t7-,8+/m0/s1. The maximum atomic E-state index is 12.2. The molecule has 1 aliphatic rings. The van der Waals surface area contributed by atoms with Crippen LogP contribution in [0.25, 0.3) is 0 Å². The second-order valence-corrected chi connectivity index (χ2v) is 5.10. The van der Waals surface area contributed by atoms with E-state index in [0.29, 0.717) is 18.8 Å². The highest BCUT2D eigenvalue weighted by atomic mass is 79.9.